The van der Waals surface area contributed by atoms with E-state index in [0.717, 1.165) is 69.2 Å². The summed E-state index contributed by atoms with van der Waals surface area (Å²) in [6.45, 7) is 8.44. The Morgan fingerprint density at radius 1 is 0.391 bits per heavy atom. The molecule has 0 aromatic heterocycles. The van der Waals surface area contributed by atoms with Gasteiger partial charge >= 0.3 is 41.8 Å². The molecular weight excluding hydrogens is 866 g/mol. The van der Waals surface area contributed by atoms with Crippen LogP contribution >= 0.6 is 0 Å². The minimum absolute atomic E-state index is 0.636. The zero-order valence-electron chi connectivity index (χ0n) is 36.7. The van der Waals surface area contributed by atoms with Gasteiger partial charge in [-0.1, -0.05) is 0 Å². The molecule has 15 atom stereocenters. The molecule has 3 rings (SSSR count). The van der Waals surface area contributed by atoms with E-state index in [4.69, 9.17) is 56.8 Å². The number of amides is 3. The Bertz CT molecular complexity index is 1740. The molecule has 0 aromatic rings. The van der Waals surface area contributed by atoms with Crippen molar-refractivity contribution in [2.24, 2.45) is 0 Å². The molecule has 360 valence electrons. The van der Waals surface area contributed by atoms with E-state index in [1.165, 1.54) is 0 Å². The molecule has 0 radical (unpaired) electrons. The number of esters is 7. The molecule has 3 amide bonds. The summed E-state index contributed by atoms with van der Waals surface area (Å²) in [6, 6.07) is -4.78. The number of hydrogen-bond acceptors (Lipinski definition) is 23. The summed E-state index contributed by atoms with van der Waals surface area (Å²) in [7, 11) is 0. The van der Waals surface area contributed by atoms with E-state index in [1.807, 2.05) is 0 Å². The highest BCUT2D eigenvalue weighted by atomic mass is 16.8. The third-order valence-electron chi connectivity index (χ3n) is 9.21. The first-order chi connectivity index (χ1) is 29.9. The molecule has 3 heterocycles. The first-order valence-corrected chi connectivity index (χ1v) is 19.7. The van der Waals surface area contributed by atoms with Crippen molar-refractivity contribution in [1.82, 2.24) is 16.0 Å². The highest BCUT2D eigenvalue weighted by molar-refractivity contribution is 5.75. The first-order valence-electron chi connectivity index (χ1n) is 19.7. The lowest BCUT2D eigenvalue weighted by atomic mass is 9.93. The molecule has 3 aliphatic heterocycles. The second kappa shape index (κ2) is 23.9. The first kappa shape index (κ1) is 52.8. The van der Waals surface area contributed by atoms with Crippen molar-refractivity contribution in [3.05, 3.63) is 0 Å². The molecular formula is C38H55N3O23. The van der Waals surface area contributed by atoms with Gasteiger partial charge in [0.05, 0.1) is 0 Å². The topological polar surface area (TPSA) is 338 Å². The Morgan fingerprint density at radius 2 is 0.672 bits per heavy atom. The van der Waals surface area contributed by atoms with Gasteiger partial charge in [-0.05, 0) is 0 Å². The van der Waals surface area contributed by atoms with Crippen LogP contribution in [0.4, 0.5) is 0 Å². The zero-order chi connectivity index (χ0) is 48.2. The number of carbonyl (C=O) groups excluding carboxylic acids is 10. The number of hydrogen-bond donors (Lipinski definition) is 4. The monoisotopic (exact) mass is 921 g/mol. The van der Waals surface area contributed by atoms with Crippen molar-refractivity contribution < 1.29 is 110 Å². The maximum Gasteiger partial charge on any atom is 0.303 e. The van der Waals surface area contributed by atoms with Crippen LogP contribution in [0.15, 0.2) is 0 Å². The van der Waals surface area contributed by atoms with Crippen LogP contribution in [-0.2, 0) is 105 Å². The lowest BCUT2D eigenvalue weighted by Crippen LogP contribution is -2.72. The average molecular weight is 922 g/mol. The number of aliphatic hydroxyl groups excluding tert-OH is 1. The van der Waals surface area contributed by atoms with Gasteiger partial charge in [0.1, 0.15) is 68.5 Å². The summed E-state index contributed by atoms with van der Waals surface area (Å²) in [5, 5.41) is 18.4. The Balaban J connectivity index is 2.28. The number of rotatable bonds is 17. The van der Waals surface area contributed by atoms with Crippen LogP contribution in [0.1, 0.15) is 69.2 Å². The largest absolute Gasteiger partial charge is 0.463 e. The van der Waals surface area contributed by atoms with E-state index in [0.29, 0.717) is 0 Å². The molecule has 64 heavy (non-hydrogen) atoms. The van der Waals surface area contributed by atoms with Gasteiger partial charge in [0.15, 0.2) is 43.3 Å². The van der Waals surface area contributed by atoms with Gasteiger partial charge in [0.25, 0.3) is 0 Å². The summed E-state index contributed by atoms with van der Waals surface area (Å²) in [5.41, 5.74) is 0. The number of carbonyl (C=O) groups is 10. The van der Waals surface area contributed by atoms with E-state index in [2.05, 4.69) is 16.0 Å². The van der Waals surface area contributed by atoms with E-state index < -0.39 is 171 Å². The molecule has 0 spiro atoms. The second-order valence-electron chi connectivity index (χ2n) is 14.7. The number of nitrogens with one attached hydrogen (secondary N) is 3. The van der Waals surface area contributed by atoms with Crippen LogP contribution < -0.4 is 16.0 Å². The average Bonchev–Trinajstić information content (AvgIpc) is 3.15. The molecule has 0 bridgehead atoms. The van der Waals surface area contributed by atoms with Crippen molar-refractivity contribution >= 4 is 59.5 Å². The maximum atomic E-state index is 12.9. The van der Waals surface area contributed by atoms with E-state index in [-0.39, 0.29) is 0 Å². The Morgan fingerprint density at radius 3 is 1.00 bits per heavy atom. The summed E-state index contributed by atoms with van der Waals surface area (Å²) in [4.78, 5) is 124. The van der Waals surface area contributed by atoms with Gasteiger partial charge in [0, 0.05) is 69.2 Å². The molecule has 0 aromatic carbocycles. The van der Waals surface area contributed by atoms with Gasteiger partial charge < -0.3 is 77.9 Å². The van der Waals surface area contributed by atoms with Crippen LogP contribution in [0, 0.1) is 0 Å². The predicted molar refractivity (Wildman–Crippen MR) is 203 cm³/mol. The Hall–Kier alpha value is -5.54. The molecule has 3 aliphatic rings. The molecule has 26 nitrogen and oxygen atoms in total. The molecule has 0 aliphatic carbocycles. The lowest BCUT2D eigenvalue weighted by molar-refractivity contribution is -0.352. The molecule has 4 N–H and O–H groups in total. The Kier molecular flexibility index (Phi) is 19.8. The minimum atomic E-state index is -1.89. The third-order valence-corrected chi connectivity index (χ3v) is 9.21. The highest BCUT2D eigenvalue weighted by Crippen LogP contribution is 2.36. The highest BCUT2D eigenvalue weighted by Gasteiger charge is 2.58. The van der Waals surface area contributed by atoms with Gasteiger partial charge in [-0.25, -0.2) is 0 Å². The normalized spacial score (nSPS) is 32.3. The van der Waals surface area contributed by atoms with Crippen molar-refractivity contribution in [2.45, 2.75) is 161 Å². The van der Waals surface area contributed by atoms with E-state index in [9.17, 15) is 53.1 Å². The molecule has 26 heteroatoms. The predicted octanol–water partition coefficient (Wildman–Crippen LogP) is -3.15. The van der Waals surface area contributed by atoms with Crippen LogP contribution in [-0.4, -0.2) is 176 Å². The van der Waals surface area contributed by atoms with Crippen LogP contribution in [0.3, 0.4) is 0 Å². The van der Waals surface area contributed by atoms with E-state index >= 15 is 0 Å². The number of aliphatic hydroxyl groups is 1. The minimum Gasteiger partial charge on any atom is -0.463 e. The summed E-state index contributed by atoms with van der Waals surface area (Å²) < 4.78 is 68.9. The summed E-state index contributed by atoms with van der Waals surface area (Å²) in [6.07, 6.45) is -20.2. The van der Waals surface area contributed by atoms with Gasteiger partial charge in [-0.3, -0.25) is 47.9 Å². The zero-order valence-corrected chi connectivity index (χ0v) is 36.7. The van der Waals surface area contributed by atoms with Crippen molar-refractivity contribution in [3.63, 3.8) is 0 Å². The Labute approximate surface area is 366 Å². The van der Waals surface area contributed by atoms with Crippen LogP contribution in [0.2, 0.25) is 0 Å². The standard InChI is InChI=1S/C38H55N3O23/c1-14(42)39-27-33(57-21(8)49)31(24(60-36(27)52)11-53-17(4)45)63-38-29(41-16(3)44)35(59-23(10)51)32(26(62-38)13-55-19(6)47)64-37-28(40-15(2)43)34(58-22(9)50)30(56-20(7)48)25(61-37)12-54-18(5)46/h24-38,52H,11-13H2,1-10H3,(H,39,42)(H,40,43)(H,41,44)/t24-,25-,26-,27+,28-,29-,30-,31-,32-,33-,34-,35-,36?,37+,38+/m1/s1. The molecule has 3 fully saturated rings. The lowest BCUT2D eigenvalue weighted by Gasteiger charge is -2.51. The fourth-order valence-corrected chi connectivity index (χ4v) is 7.09. The van der Waals surface area contributed by atoms with Gasteiger partial charge in [-0.15, -0.1) is 0 Å². The maximum absolute atomic E-state index is 12.9. The quantitative estimate of drug-likeness (QED) is 0.0827. The summed E-state index contributed by atoms with van der Waals surface area (Å²) >= 11 is 0. The fraction of sp³-hybridized carbons (Fsp3) is 0.737. The molecule has 3 saturated heterocycles. The van der Waals surface area contributed by atoms with Crippen LogP contribution in [0.25, 0.3) is 0 Å². The van der Waals surface area contributed by atoms with Crippen LogP contribution in [0.5, 0.6) is 0 Å². The molecule has 1 unspecified atom stereocenters. The molecule has 0 saturated carbocycles. The summed E-state index contributed by atoms with van der Waals surface area (Å²) in [5.74, 6) is -8.48. The van der Waals surface area contributed by atoms with Gasteiger partial charge in [-0.2, -0.15) is 0 Å². The third kappa shape index (κ3) is 15.6. The van der Waals surface area contributed by atoms with Crippen molar-refractivity contribution in [3.8, 4) is 0 Å². The second-order valence-corrected chi connectivity index (χ2v) is 14.7. The van der Waals surface area contributed by atoms with Crippen molar-refractivity contribution in [2.75, 3.05) is 19.8 Å². The fourth-order valence-electron chi connectivity index (χ4n) is 7.09. The van der Waals surface area contributed by atoms with Crippen molar-refractivity contribution in [1.29, 1.82) is 0 Å². The SMILES string of the molecule is CC(=O)N[C@H]1[C@H](O[C@H]2[C@H](OC(C)=O)[C@@H](NC(C)=O)[C@H](O[C@H]3[C@H](OC(C)=O)[C@H](NC(C)=O)C(O)O[C@@H]3COC(C)=O)O[C@@H]2COC(C)=O)O[C@H](COC(C)=O)[C@@H](OC(C)=O)[C@@H]1OC(C)=O. The van der Waals surface area contributed by atoms with E-state index in [1.54, 1.807) is 0 Å². The smallest absolute Gasteiger partial charge is 0.303 e. The van der Waals surface area contributed by atoms with Gasteiger partial charge in [0.2, 0.25) is 17.7 Å². The number of ether oxygens (including phenoxy) is 12.